The molecule has 9 nitrogen and oxygen atoms in total. The van der Waals surface area contributed by atoms with Gasteiger partial charge in [0.2, 0.25) is 0 Å². The summed E-state index contributed by atoms with van der Waals surface area (Å²) in [5.41, 5.74) is 6.94. The number of hydrogen-bond donors (Lipinski definition) is 3. The van der Waals surface area contributed by atoms with E-state index < -0.39 is 6.10 Å². The molecule has 3 N–H and O–H groups in total. The second-order valence-electron chi connectivity index (χ2n) is 9.18. The Morgan fingerprint density at radius 3 is 2.30 bits per heavy atom. The van der Waals surface area contributed by atoms with Crippen molar-refractivity contribution in [2.75, 3.05) is 13.2 Å². The first-order chi connectivity index (χ1) is 18.1. The highest BCUT2D eigenvalue weighted by atomic mass is 35.5. The summed E-state index contributed by atoms with van der Waals surface area (Å²) in [6.07, 6.45) is 0.0517. The molecule has 2 aromatic carbocycles. The molecule has 0 spiro atoms. The molecule has 186 valence electrons. The van der Waals surface area contributed by atoms with E-state index in [2.05, 4.69) is 44.4 Å². The van der Waals surface area contributed by atoms with Crippen LogP contribution >= 0.6 is 11.6 Å². The highest BCUT2D eigenvalue weighted by molar-refractivity contribution is 6.33. The molecule has 2 aliphatic heterocycles. The van der Waals surface area contributed by atoms with Crippen molar-refractivity contribution >= 4 is 22.8 Å². The molecule has 2 aliphatic rings. The number of rotatable bonds is 5. The average molecular weight is 516 g/mol. The number of aliphatic hydroxyl groups excluding tert-OH is 1. The van der Waals surface area contributed by atoms with Crippen molar-refractivity contribution in [3.05, 3.63) is 71.9 Å². The third-order valence-corrected chi connectivity index (χ3v) is 7.13. The van der Waals surface area contributed by atoms with Crippen LogP contribution in [0.25, 0.3) is 44.8 Å². The Labute approximate surface area is 216 Å². The predicted octanol–water partition coefficient (Wildman–Crippen LogP) is 4.24. The number of pyridine rings is 1. The summed E-state index contributed by atoms with van der Waals surface area (Å²) in [7, 11) is 0. The van der Waals surface area contributed by atoms with Gasteiger partial charge in [0.15, 0.2) is 11.8 Å². The minimum atomic E-state index is -0.634. The highest BCUT2D eigenvalue weighted by Crippen LogP contribution is 2.33. The Morgan fingerprint density at radius 2 is 1.57 bits per heavy atom. The number of nitrogens with zero attached hydrogens (tertiary/aromatic N) is 3. The second kappa shape index (κ2) is 8.97. The van der Waals surface area contributed by atoms with Crippen molar-refractivity contribution in [2.45, 2.75) is 24.4 Å². The lowest BCUT2D eigenvalue weighted by Crippen LogP contribution is -2.34. The highest BCUT2D eigenvalue weighted by Gasteiger charge is 2.48. The van der Waals surface area contributed by atoms with E-state index in [-0.39, 0.29) is 24.9 Å². The van der Waals surface area contributed by atoms with Crippen LogP contribution in [0.1, 0.15) is 0 Å². The molecule has 0 bridgehead atoms. The van der Waals surface area contributed by atoms with Crippen LogP contribution in [0.3, 0.4) is 0 Å². The van der Waals surface area contributed by atoms with Crippen LogP contribution in [-0.4, -0.2) is 67.9 Å². The molecule has 2 fully saturated rings. The van der Waals surface area contributed by atoms with Gasteiger partial charge in [-0.25, -0.2) is 4.98 Å². The number of hydrogen-bond acceptors (Lipinski definition) is 7. The van der Waals surface area contributed by atoms with Crippen molar-refractivity contribution < 1.29 is 19.3 Å². The quantitative estimate of drug-likeness (QED) is 0.320. The van der Waals surface area contributed by atoms with Gasteiger partial charge in [0.05, 0.1) is 35.1 Å². The van der Waals surface area contributed by atoms with E-state index in [0.29, 0.717) is 34.5 Å². The molecule has 3 aromatic heterocycles. The zero-order valence-corrected chi connectivity index (χ0v) is 20.2. The van der Waals surface area contributed by atoms with Crippen LogP contribution in [0.2, 0.25) is 5.02 Å². The van der Waals surface area contributed by atoms with Crippen LogP contribution < -0.4 is 4.74 Å². The molecule has 37 heavy (non-hydrogen) atoms. The third-order valence-electron chi connectivity index (χ3n) is 6.84. The van der Waals surface area contributed by atoms with Gasteiger partial charge in [0, 0.05) is 11.8 Å². The number of imidazole rings is 1. The maximum absolute atomic E-state index is 9.94. The Bertz CT molecular complexity index is 1550. The SMILES string of the molecule is O[C@@H]1CO[C@H]2C1OC[C@H]2Oc1nc2nc(-c3ccc(-c4ccc(-c5ccn[nH]5)cc4)cc3)c(Cl)cc2[nH]1. The van der Waals surface area contributed by atoms with E-state index in [0.717, 1.165) is 27.9 Å². The van der Waals surface area contributed by atoms with Crippen LogP contribution in [-0.2, 0) is 9.47 Å². The van der Waals surface area contributed by atoms with E-state index >= 15 is 0 Å². The fraction of sp³-hybridized carbons (Fsp3) is 0.222. The Balaban J connectivity index is 1.11. The summed E-state index contributed by atoms with van der Waals surface area (Å²) < 4.78 is 17.2. The molecule has 0 radical (unpaired) electrons. The van der Waals surface area contributed by atoms with Gasteiger partial charge in [0.25, 0.3) is 6.01 Å². The standard InChI is InChI=1S/C27H22ClN5O4/c28-18-11-20-26(32-27(30-20)37-22-13-36-24-21(34)12-35-25(22)24)31-23(18)17-7-3-15(4-8-17)14-1-5-16(6-2-14)19-9-10-29-33-19/h1-11,21-22,24-25,34H,12-13H2,(H,29,33)(H,30,31,32)/t21-,22-,24?,25-/m1/s1. The molecule has 2 saturated heterocycles. The van der Waals surface area contributed by atoms with E-state index in [9.17, 15) is 5.11 Å². The Hall–Kier alpha value is -3.76. The predicted molar refractivity (Wildman–Crippen MR) is 137 cm³/mol. The molecule has 0 saturated carbocycles. The van der Waals surface area contributed by atoms with Crippen molar-refractivity contribution in [3.63, 3.8) is 0 Å². The van der Waals surface area contributed by atoms with Crippen LogP contribution in [0.15, 0.2) is 66.9 Å². The summed E-state index contributed by atoms with van der Waals surface area (Å²) in [4.78, 5) is 12.3. The molecule has 10 heteroatoms. The maximum Gasteiger partial charge on any atom is 0.296 e. The van der Waals surface area contributed by atoms with Gasteiger partial charge >= 0.3 is 0 Å². The number of nitrogens with one attached hydrogen (secondary N) is 2. The molecule has 4 atom stereocenters. The van der Waals surface area contributed by atoms with Crippen molar-refractivity contribution in [1.29, 1.82) is 0 Å². The van der Waals surface area contributed by atoms with Crippen molar-refractivity contribution in [3.8, 4) is 39.7 Å². The van der Waals surface area contributed by atoms with E-state index in [1.165, 1.54) is 0 Å². The average Bonchev–Trinajstić information content (AvgIpc) is 3.71. The summed E-state index contributed by atoms with van der Waals surface area (Å²) >= 11 is 6.60. The monoisotopic (exact) mass is 515 g/mol. The zero-order chi connectivity index (χ0) is 24.9. The van der Waals surface area contributed by atoms with Gasteiger partial charge in [-0.1, -0.05) is 60.1 Å². The lowest BCUT2D eigenvalue weighted by atomic mass is 10.0. The number of ether oxygens (including phenoxy) is 3. The summed E-state index contributed by atoms with van der Waals surface area (Å²) in [6.45, 7) is 0.562. The van der Waals surface area contributed by atoms with Crippen LogP contribution in [0.4, 0.5) is 0 Å². The van der Waals surface area contributed by atoms with Gasteiger partial charge in [-0.15, -0.1) is 0 Å². The van der Waals surface area contributed by atoms with Crippen molar-refractivity contribution in [2.24, 2.45) is 0 Å². The van der Waals surface area contributed by atoms with E-state index in [1.54, 1.807) is 12.3 Å². The first-order valence-corrected chi connectivity index (χ1v) is 12.3. The maximum atomic E-state index is 9.94. The fourth-order valence-electron chi connectivity index (χ4n) is 4.92. The van der Waals surface area contributed by atoms with Gasteiger partial charge in [0.1, 0.15) is 18.3 Å². The zero-order valence-electron chi connectivity index (χ0n) is 19.5. The number of H-pyrrole nitrogens is 2. The second-order valence-corrected chi connectivity index (χ2v) is 9.58. The smallest absolute Gasteiger partial charge is 0.296 e. The molecule has 0 aliphatic carbocycles. The van der Waals surface area contributed by atoms with E-state index in [4.69, 9.17) is 30.8 Å². The van der Waals surface area contributed by atoms with Crippen LogP contribution in [0.5, 0.6) is 6.01 Å². The number of aliphatic hydroxyl groups is 1. The lowest BCUT2D eigenvalue weighted by Gasteiger charge is -2.15. The van der Waals surface area contributed by atoms with Gasteiger partial charge in [-0.05, 0) is 28.8 Å². The summed E-state index contributed by atoms with van der Waals surface area (Å²) in [6, 6.07) is 20.5. The van der Waals surface area contributed by atoms with E-state index in [1.807, 2.05) is 30.3 Å². The van der Waals surface area contributed by atoms with Crippen molar-refractivity contribution in [1.82, 2.24) is 25.1 Å². The van der Waals surface area contributed by atoms with Crippen LogP contribution in [0, 0.1) is 0 Å². The summed E-state index contributed by atoms with van der Waals surface area (Å²) in [5.74, 6) is 0. The number of benzene rings is 2. The largest absolute Gasteiger partial charge is 0.456 e. The minimum Gasteiger partial charge on any atom is -0.456 e. The fourth-order valence-corrected chi connectivity index (χ4v) is 5.18. The summed E-state index contributed by atoms with van der Waals surface area (Å²) in [5, 5.41) is 17.4. The topological polar surface area (TPSA) is 118 Å². The number of halogens is 1. The lowest BCUT2D eigenvalue weighted by molar-refractivity contribution is 0.00706. The van der Waals surface area contributed by atoms with Gasteiger partial charge < -0.3 is 24.3 Å². The molecule has 1 unspecified atom stereocenters. The molecular weight excluding hydrogens is 494 g/mol. The first-order valence-electron chi connectivity index (χ1n) is 12.0. The third kappa shape index (κ3) is 4.06. The molecule has 0 amide bonds. The molecular formula is C27H22ClN5O4. The van der Waals surface area contributed by atoms with Gasteiger partial charge in [-0.2, -0.15) is 10.1 Å². The minimum absolute atomic E-state index is 0.241. The number of aromatic nitrogens is 5. The Kier molecular flexibility index (Phi) is 5.44. The normalized spacial score (nSPS) is 23.0. The molecule has 5 aromatic rings. The Morgan fingerprint density at radius 1 is 0.865 bits per heavy atom. The molecule has 7 rings (SSSR count). The number of fused-ring (bicyclic) bond motifs is 2. The molecule has 5 heterocycles. The van der Waals surface area contributed by atoms with Gasteiger partial charge in [-0.3, -0.25) is 5.10 Å². The number of aromatic amines is 2. The first kappa shape index (κ1) is 22.4.